The van der Waals surface area contributed by atoms with Gasteiger partial charge in [0.25, 0.3) is 0 Å². The smallest absolute Gasteiger partial charge is 0.416 e. The number of hydrogen-bond acceptors (Lipinski definition) is 6. The zero-order chi connectivity index (χ0) is 24.6. The third-order valence-electron chi connectivity index (χ3n) is 5.01. The molecule has 3 rings (SSSR count). The summed E-state index contributed by atoms with van der Waals surface area (Å²) in [6.07, 6.45) is 0.380. The Bertz CT molecular complexity index is 1060. The Balaban J connectivity index is 1.81. The second-order valence-corrected chi connectivity index (χ2v) is 7.86. The minimum absolute atomic E-state index is 0.139. The van der Waals surface area contributed by atoms with Crippen LogP contribution in [0.15, 0.2) is 78.3 Å². The van der Waals surface area contributed by atoms with Gasteiger partial charge in [0.15, 0.2) is 5.76 Å². The molecule has 0 atom stereocenters. The molecule has 0 radical (unpaired) electrons. The van der Waals surface area contributed by atoms with Crippen molar-refractivity contribution < 1.29 is 22.7 Å². The molecule has 0 heterocycles. The van der Waals surface area contributed by atoms with Gasteiger partial charge < -0.3 is 20.7 Å². The van der Waals surface area contributed by atoms with Gasteiger partial charge in [-0.25, -0.2) is 0 Å². The number of Topliss-reactive ketones (excluding diaryl/α,β-unsaturated/α-hetero) is 1. The first-order valence-corrected chi connectivity index (χ1v) is 10.8. The molecule has 0 aromatic heterocycles. The molecule has 6 nitrogen and oxygen atoms in total. The van der Waals surface area contributed by atoms with E-state index in [1.54, 1.807) is 25.3 Å². The maximum Gasteiger partial charge on any atom is 0.416 e. The molecule has 0 unspecified atom stereocenters. The van der Waals surface area contributed by atoms with E-state index in [-0.39, 0.29) is 22.9 Å². The molecule has 0 amide bonds. The number of ether oxygens (including phenoxy) is 1. The van der Waals surface area contributed by atoms with Gasteiger partial charge in [-0.1, -0.05) is 24.3 Å². The second kappa shape index (κ2) is 11.5. The Morgan fingerprint density at radius 2 is 1.82 bits per heavy atom. The summed E-state index contributed by atoms with van der Waals surface area (Å²) in [6.45, 7) is 0.714. The number of likely N-dealkylation sites (N-methyl/N-ethyl adjacent to an activating group) is 1. The topological polar surface area (TPSA) is 86.2 Å². The highest BCUT2D eigenvalue weighted by Crippen LogP contribution is 2.31. The van der Waals surface area contributed by atoms with Gasteiger partial charge in [-0.05, 0) is 62.2 Å². The van der Waals surface area contributed by atoms with Crippen molar-refractivity contribution in [2.75, 3.05) is 30.8 Å². The molecule has 1 aliphatic carbocycles. The van der Waals surface area contributed by atoms with Gasteiger partial charge in [-0.3, -0.25) is 10.2 Å². The van der Waals surface area contributed by atoms with Crippen molar-refractivity contribution in [1.29, 1.82) is 5.41 Å². The summed E-state index contributed by atoms with van der Waals surface area (Å²) in [5.74, 6) is -0.494. The number of halogens is 3. The zero-order valence-corrected chi connectivity index (χ0v) is 18.7. The van der Waals surface area contributed by atoms with E-state index in [4.69, 9.17) is 10.1 Å². The Hall–Kier alpha value is -3.59. The maximum absolute atomic E-state index is 13.2. The van der Waals surface area contributed by atoms with Gasteiger partial charge in [0.1, 0.15) is 5.71 Å². The Morgan fingerprint density at radius 1 is 1.12 bits per heavy atom. The molecule has 0 spiro atoms. The third kappa shape index (κ3) is 7.48. The monoisotopic (exact) mass is 472 g/mol. The molecule has 0 saturated heterocycles. The summed E-state index contributed by atoms with van der Waals surface area (Å²) in [7, 11) is 1.74. The van der Waals surface area contributed by atoms with E-state index >= 15 is 0 Å². The first-order valence-electron chi connectivity index (χ1n) is 10.8. The summed E-state index contributed by atoms with van der Waals surface area (Å²) >= 11 is 0. The van der Waals surface area contributed by atoms with Crippen LogP contribution in [-0.2, 0) is 15.7 Å². The third-order valence-corrected chi connectivity index (χ3v) is 5.01. The average Bonchev–Trinajstić information content (AvgIpc) is 3.66. The van der Waals surface area contributed by atoms with Crippen LogP contribution in [0.25, 0.3) is 0 Å². The Labute approximate surface area is 196 Å². The number of nitrogens with one attached hydrogen (secondary N) is 4. The van der Waals surface area contributed by atoms with Crippen LogP contribution < -0.4 is 16.0 Å². The van der Waals surface area contributed by atoms with Crippen LogP contribution in [-0.4, -0.2) is 31.7 Å². The normalized spacial score (nSPS) is 14.5. The Morgan fingerprint density at radius 3 is 2.47 bits per heavy atom. The largest absolute Gasteiger partial charge is 0.488 e. The molecular formula is C25H27F3N4O2. The van der Waals surface area contributed by atoms with Gasteiger partial charge in [0, 0.05) is 24.1 Å². The highest BCUT2D eigenvalue weighted by atomic mass is 19.4. The molecule has 4 N–H and O–H groups in total. The standard InChI is InChI=1S/C25H27F3N4O2/c1-30-13-12-21(32-19-7-3-2-4-8-19)23(29)24(33)22(34-16-17-10-11-17)15-31-20-9-5-6-18(14-20)25(26,27)28/h2-9,12,14-15,17,29-32H,10-11,13,16H2,1H3/b21-12-,22-15+,29-23?. The molecule has 0 aliphatic heterocycles. The van der Waals surface area contributed by atoms with Crippen LogP contribution >= 0.6 is 0 Å². The van der Waals surface area contributed by atoms with Crippen molar-refractivity contribution >= 4 is 22.9 Å². The van der Waals surface area contributed by atoms with Gasteiger partial charge in [0.2, 0.25) is 5.78 Å². The molecule has 34 heavy (non-hydrogen) atoms. The SMILES string of the molecule is CNC/C=C(\Nc1ccccc1)C(=N)C(=O)/C(=C\Nc1cccc(C(F)(F)F)c1)OCC1CC1. The molecule has 1 aliphatic rings. The van der Waals surface area contributed by atoms with Gasteiger partial charge in [0.05, 0.1) is 17.9 Å². The van der Waals surface area contributed by atoms with E-state index in [0.29, 0.717) is 24.8 Å². The molecule has 9 heteroatoms. The molecule has 180 valence electrons. The zero-order valence-electron chi connectivity index (χ0n) is 18.7. The van der Waals surface area contributed by atoms with Crippen LogP contribution in [0.1, 0.15) is 18.4 Å². The number of benzene rings is 2. The van der Waals surface area contributed by atoms with E-state index in [1.807, 2.05) is 18.2 Å². The predicted molar refractivity (Wildman–Crippen MR) is 127 cm³/mol. The van der Waals surface area contributed by atoms with Gasteiger partial charge in [-0.15, -0.1) is 0 Å². The number of hydrogen-bond donors (Lipinski definition) is 4. The minimum atomic E-state index is -4.49. The van der Waals surface area contributed by atoms with Crippen molar-refractivity contribution in [3.8, 4) is 0 Å². The molecule has 1 saturated carbocycles. The molecular weight excluding hydrogens is 445 g/mol. The Kier molecular flexibility index (Phi) is 8.48. The van der Waals surface area contributed by atoms with Crippen molar-refractivity contribution in [1.82, 2.24) is 5.32 Å². The highest BCUT2D eigenvalue weighted by molar-refractivity contribution is 6.50. The number of carbonyl (C=O) groups excluding carboxylic acids is 1. The lowest BCUT2D eigenvalue weighted by molar-refractivity contribution is -0.137. The lowest BCUT2D eigenvalue weighted by Crippen LogP contribution is -2.25. The van der Waals surface area contributed by atoms with Crippen LogP contribution in [0.2, 0.25) is 0 Å². The van der Waals surface area contributed by atoms with E-state index in [1.165, 1.54) is 18.3 Å². The molecule has 1 fully saturated rings. The van der Waals surface area contributed by atoms with E-state index in [9.17, 15) is 18.0 Å². The minimum Gasteiger partial charge on any atom is -0.488 e. The van der Waals surface area contributed by atoms with Gasteiger partial charge in [-0.2, -0.15) is 13.2 Å². The summed E-state index contributed by atoms with van der Waals surface area (Å²) < 4.78 is 44.7. The van der Waals surface area contributed by atoms with Crippen LogP contribution in [0.4, 0.5) is 24.5 Å². The first kappa shape index (κ1) is 25.0. The second-order valence-electron chi connectivity index (χ2n) is 7.86. The number of para-hydroxylation sites is 1. The number of ketones is 1. The first-order chi connectivity index (χ1) is 16.3. The highest BCUT2D eigenvalue weighted by Gasteiger charge is 2.30. The van der Waals surface area contributed by atoms with E-state index in [0.717, 1.165) is 25.0 Å². The summed E-state index contributed by atoms with van der Waals surface area (Å²) in [5.41, 5.74) is -0.00347. The number of anilines is 2. The molecule has 2 aromatic rings. The van der Waals surface area contributed by atoms with Crippen LogP contribution in [0.3, 0.4) is 0 Å². The number of carbonyl (C=O) groups is 1. The summed E-state index contributed by atoms with van der Waals surface area (Å²) in [5, 5.41) is 17.2. The van der Waals surface area contributed by atoms with E-state index < -0.39 is 17.5 Å². The van der Waals surface area contributed by atoms with Crippen LogP contribution in [0.5, 0.6) is 0 Å². The predicted octanol–water partition coefficient (Wildman–Crippen LogP) is 5.19. The summed E-state index contributed by atoms with van der Waals surface area (Å²) in [4.78, 5) is 13.2. The number of alkyl halides is 3. The fraction of sp³-hybridized carbons (Fsp3) is 0.280. The van der Waals surface area contributed by atoms with Gasteiger partial charge >= 0.3 is 6.18 Å². The lowest BCUT2D eigenvalue weighted by Gasteiger charge is -2.15. The average molecular weight is 473 g/mol. The summed E-state index contributed by atoms with van der Waals surface area (Å²) in [6, 6.07) is 13.8. The molecule has 2 aromatic carbocycles. The van der Waals surface area contributed by atoms with E-state index in [2.05, 4.69) is 16.0 Å². The quantitative estimate of drug-likeness (QED) is 0.194. The lowest BCUT2D eigenvalue weighted by atomic mass is 10.1. The van der Waals surface area contributed by atoms with Crippen molar-refractivity contribution in [2.45, 2.75) is 19.0 Å². The van der Waals surface area contributed by atoms with Crippen molar-refractivity contribution in [3.05, 3.63) is 83.9 Å². The van der Waals surface area contributed by atoms with Crippen molar-refractivity contribution in [2.24, 2.45) is 5.92 Å². The fourth-order valence-corrected chi connectivity index (χ4v) is 2.94. The van der Waals surface area contributed by atoms with Crippen molar-refractivity contribution in [3.63, 3.8) is 0 Å². The van der Waals surface area contributed by atoms with Crippen LogP contribution in [0, 0.1) is 11.3 Å². The maximum atomic E-state index is 13.2. The fourth-order valence-electron chi connectivity index (χ4n) is 2.94. The number of allylic oxidation sites excluding steroid dienone is 2. The number of rotatable bonds is 12. The molecule has 0 bridgehead atoms.